The molecule has 0 aliphatic heterocycles. The second kappa shape index (κ2) is 9.47. The Morgan fingerprint density at radius 1 is 1.14 bits per heavy atom. The predicted molar refractivity (Wildman–Crippen MR) is 88.6 cm³/mol. The molecule has 1 aromatic heterocycles. The summed E-state index contributed by atoms with van der Waals surface area (Å²) < 4.78 is 0. The van der Waals surface area contributed by atoms with E-state index in [4.69, 9.17) is 11.1 Å². The minimum Gasteiger partial charge on any atom is -0.382 e. The zero-order valence-electron chi connectivity index (χ0n) is 13.6. The first-order valence-corrected chi connectivity index (χ1v) is 7.84. The summed E-state index contributed by atoms with van der Waals surface area (Å²) in [5, 5.41) is 7.46. The third kappa shape index (κ3) is 6.23. The molecular weight excluding hydrogens is 262 g/mol. The largest absolute Gasteiger partial charge is 0.382 e. The maximum absolute atomic E-state index is 7.46. The molecule has 0 spiro atoms. The zero-order chi connectivity index (χ0) is 15.7. The molecule has 0 bridgehead atoms. The van der Waals surface area contributed by atoms with E-state index < -0.39 is 0 Å². The highest BCUT2D eigenvalue weighted by Crippen LogP contribution is 2.07. The van der Waals surface area contributed by atoms with E-state index in [0.717, 1.165) is 39.3 Å². The van der Waals surface area contributed by atoms with Crippen LogP contribution in [0.2, 0.25) is 0 Å². The lowest BCUT2D eigenvalue weighted by molar-refractivity contribution is 0.238. The van der Waals surface area contributed by atoms with Crippen LogP contribution in [0.5, 0.6) is 0 Å². The van der Waals surface area contributed by atoms with Gasteiger partial charge in [-0.25, -0.2) is 0 Å². The molecule has 0 amide bonds. The molecule has 0 atom stereocenters. The van der Waals surface area contributed by atoms with Crippen LogP contribution in [0.25, 0.3) is 0 Å². The van der Waals surface area contributed by atoms with Gasteiger partial charge in [-0.3, -0.25) is 15.3 Å². The van der Waals surface area contributed by atoms with Crippen LogP contribution < -0.4 is 5.73 Å². The van der Waals surface area contributed by atoms with E-state index in [2.05, 4.69) is 35.6 Å². The second-order valence-corrected chi connectivity index (χ2v) is 5.21. The lowest BCUT2D eigenvalue weighted by Crippen LogP contribution is -2.30. The normalized spacial score (nSPS) is 11.3. The number of nitrogens with one attached hydrogen (secondary N) is 1. The van der Waals surface area contributed by atoms with Crippen molar-refractivity contribution in [2.24, 2.45) is 5.73 Å². The van der Waals surface area contributed by atoms with Crippen molar-refractivity contribution in [1.82, 2.24) is 14.8 Å². The molecule has 1 aromatic rings. The third-order valence-corrected chi connectivity index (χ3v) is 3.80. The second-order valence-electron chi connectivity index (χ2n) is 5.21. The average Bonchev–Trinajstić information content (AvgIpc) is 2.50. The van der Waals surface area contributed by atoms with Crippen molar-refractivity contribution < 1.29 is 0 Å². The minimum atomic E-state index is 0.0291. The number of nitrogens with two attached hydrogens (primary N) is 1. The molecule has 1 heterocycles. The summed E-state index contributed by atoms with van der Waals surface area (Å²) in [5.74, 6) is 0.0291. The van der Waals surface area contributed by atoms with Gasteiger partial charge in [0.2, 0.25) is 0 Å². The van der Waals surface area contributed by atoms with Crippen molar-refractivity contribution >= 4 is 5.84 Å². The van der Waals surface area contributed by atoms with Crippen LogP contribution in [0.4, 0.5) is 0 Å². The molecule has 1 rings (SSSR count). The fourth-order valence-electron chi connectivity index (χ4n) is 2.38. The summed E-state index contributed by atoms with van der Waals surface area (Å²) >= 11 is 0. The molecule has 5 heteroatoms. The summed E-state index contributed by atoms with van der Waals surface area (Å²) in [6.45, 7) is 13.0. The van der Waals surface area contributed by atoms with Gasteiger partial charge in [-0.15, -0.1) is 0 Å². The Bertz CT molecular complexity index is 428. The third-order valence-electron chi connectivity index (χ3n) is 3.80. The Kier molecular flexibility index (Phi) is 7.93. The summed E-state index contributed by atoms with van der Waals surface area (Å²) in [6, 6.07) is 3.91. The van der Waals surface area contributed by atoms with Crippen molar-refractivity contribution in [2.45, 2.75) is 33.7 Å². The fourth-order valence-corrected chi connectivity index (χ4v) is 2.38. The predicted octanol–water partition coefficient (Wildman–Crippen LogP) is 1.92. The van der Waals surface area contributed by atoms with Crippen LogP contribution in [-0.4, -0.2) is 53.3 Å². The molecule has 0 fully saturated rings. The lowest BCUT2D eigenvalue weighted by atomic mass is 10.2. The molecule has 21 heavy (non-hydrogen) atoms. The quantitative estimate of drug-likeness (QED) is 0.510. The Morgan fingerprint density at radius 2 is 1.76 bits per heavy atom. The maximum atomic E-state index is 7.46. The van der Waals surface area contributed by atoms with Gasteiger partial charge in [0.15, 0.2) is 0 Å². The molecule has 118 valence electrons. The smallest absolute Gasteiger partial charge is 0.141 e. The highest BCUT2D eigenvalue weighted by atomic mass is 15.1. The van der Waals surface area contributed by atoms with Crippen LogP contribution in [-0.2, 0) is 6.54 Å². The van der Waals surface area contributed by atoms with Crippen LogP contribution >= 0.6 is 0 Å². The molecule has 0 saturated heterocycles. The van der Waals surface area contributed by atoms with E-state index in [1.165, 1.54) is 12.0 Å². The highest BCUT2D eigenvalue weighted by Gasteiger charge is 2.07. The van der Waals surface area contributed by atoms with E-state index in [1.54, 1.807) is 6.20 Å². The van der Waals surface area contributed by atoms with Crippen LogP contribution in [0.3, 0.4) is 0 Å². The van der Waals surface area contributed by atoms with Gasteiger partial charge < -0.3 is 10.6 Å². The summed E-state index contributed by atoms with van der Waals surface area (Å²) in [4.78, 5) is 8.98. The van der Waals surface area contributed by atoms with Gasteiger partial charge in [0.25, 0.3) is 0 Å². The molecule has 0 saturated carbocycles. The summed E-state index contributed by atoms with van der Waals surface area (Å²) in [7, 11) is 0. The fraction of sp³-hybridized carbons (Fsp3) is 0.625. The number of rotatable bonds is 10. The highest BCUT2D eigenvalue weighted by molar-refractivity contribution is 5.93. The van der Waals surface area contributed by atoms with Crippen molar-refractivity contribution in [1.29, 1.82) is 5.41 Å². The van der Waals surface area contributed by atoms with Crippen LogP contribution in [0, 0.1) is 5.41 Å². The van der Waals surface area contributed by atoms with E-state index >= 15 is 0 Å². The standard InChI is InChI=1S/C16H29N5/c1-4-20(5-2)10-7-11-21(6-3)13-14-8-9-19-15(12-14)16(17)18/h8-9,12H,4-7,10-11,13H2,1-3H3,(H3,17,18). The Morgan fingerprint density at radius 3 is 2.33 bits per heavy atom. The SMILES string of the molecule is CCN(CC)CCCN(CC)Cc1ccnc(C(=N)N)c1. The van der Waals surface area contributed by atoms with E-state index in [9.17, 15) is 0 Å². The maximum Gasteiger partial charge on any atom is 0.141 e. The first-order chi connectivity index (χ1) is 10.1. The first kappa shape index (κ1) is 17.6. The topological polar surface area (TPSA) is 69.2 Å². The number of hydrogen-bond donors (Lipinski definition) is 2. The molecule has 0 unspecified atom stereocenters. The number of aromatic nitrogens is 1. The van der Waals surface area contributed by atoms with Gasteiger partial charge >= 0.3 is 0 Å². The minimum absolute atomic E-state index is 0.0291. The number of hydrogen-bond acceptors (Lipinski definition) is 4. The van der Waals surface area contributed by atoms with Crippen molar-refractivity contribution in [3.05, 3.63) is 29.6 Å². The van der Waals surface area contributed by atoms with Gasteiger partial charge in [-0.05, 0) is 56.8 Å². The van der Waals surface area contributed by atoms with Gasteiger partial charge in [0.1, 0.15) is 11.5 Å². The van der Waals surface area contributed by atoms with E-state index in [0.29, 0.717) is 5.69 Å². The monoisotopic (exact) mass is 291 g/mol. The molecule has 0 aromatic carbocycles. The van der Waals surface area contributed by atoms with Crippen molar-refractivity contribution in [3.8, 4) is 0 Å². The van der Waals surface area contributed by atoms with Crippen molar-refractivity contribution in [2.75, 3.05) is 32.7 Å². The van der Waals surface area contributed by atoms with Gasteiger partial charge in [0.05, 0.1) is 0 Å². The van der Waals surface area contributed by atoms with Crippen molar-refractivity contribution in [3.63, 3.8) is 0 Å². The molecule has 0 aliphatic rings. The summed E-state index contributed by atoms with van der Waals surface area (Å²) in [5.41, 5.74) is 7.22. The Balaban J connectivity index is 2.50. The Labute approximate surface area is 128 Å². The lowest BCUT2D eigenvalue weighted by Gasteiger charge is -2.23. The molecule has 3 N–H and O–H groups in total. The van der Waals surface area contributed by atoms with E-state index in [-0.39, 0.29) is 5.84 Å². The number of amidine groups is 1. The van der Waals surface area contributed by atoms with Crippen LogP contribution in [0.1, 0.15) is 38.4 Å². The van der Waals surface area contributed by atoms with Gasteiger partial charge in [0, 0.05) is 12.7 Å². The first-order valence-electron chi connectivity index (χ1n) is 7.84. The molecule has 5 nitrogen and oxygen atoms in total. The molecule has 0 aliphatic carbocycles. The van der Waals surface area contributed by atoms with Crippen LogP contribution in [0.15, 0.2) is 18.3 Å². The van der Waals surface area contributed by atoms with Gasteiger partial charge in [-0.2, -0.15) is 0 Å². The Hall–Kier alpha value is -1.46. The number of nitrogens with zero attached hydrogens (tertiary/aromatic N) is 3. The molecular formula is C16H29N5. The van der Waals surface area contributed by atoms with Gasteiger partial charge in [-0.1, -0.05) is 20.8 Å². The summed E-state index contributed by atoms with van der Waals surface area (Å²) in [6.07, 6.45) is 2.91. The number of nitrogen functional groups attached to an aromatic ring is 1. The van der Waals surface area contributed by atoms with E-state index in [1.807, 2.05) is 12.1 Å². The number of pyridine rings is 1. The average molecular weight is 291 g/mol. The molecule has 0 radical (unpaired) electrons. The zero-order valence-corrected chi connectivity index (χ0v) is 13.6.